The van der Waals surface area contributed by atoms with E-state index in [0.717, 1.165) is 37.3 Å². The van der Waals surface area contributed by atoms with Crippen LogP contribution in [-0.4, -0.2) is 51.9 Å². The number of likely N-dealkylation sites (tertiary alicyclic amines) is 1. The second-order valence-corrected chi connectivity index (χ2v) is 9.21. The van der Waals surface area contributed by atoms with Gasteiger partial charge >= 0.3 is 0 Å². The van der Waals surface area contributed by atoms with Gasteiger partial charge in [0, 0.05) is 25.2 Å². The number of fused-ring (bicyclic) bond motifs is 1. The molecular formula is C20H31N3O3S. The van der Waals surface area contributed by atoms with Gasteiger partial charge in [-0.05, 0) is 69.1 Å². The molecule has 7 heteroatoms. The van der Waals surface area contributed by atoms with Crippen molar-refractivity contribution < 1.29 is 13.2 Å². The highest BCUT2D eigenvalue weighted by atomic mass is 32.2. The second-order valence-electron chi connectivity index (χ2n) is 7.45. The van der Waals surface area contributed by atoms with Gasteiger partial charge in [0.2, 0.25) is 15.9 Å². The molecule has 1 fully saturated rings. The Kier molecular flexibility index (Phi) is 6.89. The van der Waals surface area contributed by atoms with Crippen LogP contribution in [0, 0.1) is 0 Å². The van der Waals surface area contributed by atoms with Crippen molar-refractivity contribution in [3.05, 3.63) is 23.8 Å². The topological polar surface area (TPSA) is 69.7 Å². The van der Waals surface area contributed by atoms with Crippen molar-refractivity contribution in [1.29, 1.82) is 0 Å². The maximum Gasteiger partial charge on any atom is 0.240 e. The number of anilines is 1. The predicted octanol–water partition coefficient (Wildman–Crippen LogP) is 2.53. The quantitative estimate of drug-likeness (QED) is 0.723. The SMILES string of the molecule is CCC(=O)N1CCc2cc(S(=O)(=O)NCCCN3CCCCCC3)ccc21. The summed E-state index contributed by atoms with van der Waals surface area (Å²) in [6.45, 7) is 6.13. The molecule has 1 aromatic rings. The Balaban J connectivity index is 1.55. The molecule has 3 rings (SSSR count). The Morgan fingerprint density at radius 2 is 1.85 bits per heavy atom. The normalized spacial score (nSPS) is 18.3. The Labute approximate surface area is 163 Å². The lowest BCUT2D eigenvalue weighted by molar-refractivity contribution is -0.118. The highest BCUT2D eigenvalue weighted by molar-refractivity contribution is 7.89. The summed E-state index contributed by atoms with van der Waals surface area (Å²) in [6, 6.07) is 5.09. The molecule has 0 radical (unpaired) electrons. The predicted molar refractivity (Wildman–Crippen MR) is 108 cm³/mol. The number of hydrogen-bond acceptors (Lipinski definition) is 4. The maximum absolute atomic E-state index is 12.6. The van der Waals surface area contributed by atoms with Gasteiger partial charge in [-0.2, -0.15) is 0 Å². The largest absolute Gasteiger partial charge is 0.312 e. The minimum atomic E-state index is -3.51. The summed E-state index contributed by atoms with van der Waals surface area (Å²) in [4.78, 5) is 16.5. The molecule has 1 amide bonds. The zero-order valence-corrected chi connectivity index (χ0v) is 17.1. The molecule has 0 unspecified atom stereocenters. The molecule has 0 atom stereocenters. The van der Waals surface area contributed by atoms with E-state index in [1.54, 1.807) is 23.1 Å². The van der Waals surface area contributed by atoms with Gasteiger partial charge in [0.05, 0.1) is 4.90 Å². The van der Waals surface area contributed by atoms with Gasteiger partial charge in [0.1, 0.15) is 0 Å². The first-order valence-corrected chi connectivity index (χ1v) is 11.6. The van der Waals surface area contributed by atoms with Crippen molar-refractivity contribution >= 4 is 21.6 Å². The molecule has 6 nitrogen and oxygen atoms in total. The number of sulfonamides is 1. The number of benzene rings is 1. The lowest BCUT2D eigenvalue weighted by Crippen LogP contribution is -2.30. The first-order valence-electron chi connectivity index (χ1n) is 10.2. The number of hydrogen-bond donors (Lipinski definition) is 1. The molecule has 0 aliphatic carbocycles. The molecule has 1 saturated heterocycles. The van der Waals surface area contributed by atoms with Crippen molar-refractivity contribution in [2.24, 2.45) is 0 Å². The molecule has 2 heterocycles. The third-order valence-electron chi connectivity index (χ3n) is 5.50. The van der Waals surface area contributed by atoms with E-state index in [0.29, 0.717) is 30.8 Å². The van der Waals surface area contributed by atoms with E-state index in [2.05, 4.69) is 9.62 Å². The Bertz CT molecular complexity index is 756. The smallest absolute Gasteiger partial charge is 0.240 e. The molecule has 2 aliphatic rings. The van der Waals surface area contributed by atoms with Crippen LogP contribution in [0.3, 0.4) is 0 Å². The summed E-state index contributed by atoms with van der Waals surface area (Å²) >= 11 is 0. The van der Waals surface area contributed by atoms with Crippen molar-refractivity contribution in [1.82, 2.24) is 9.62 Å². The first-order chi connectivity index (χ1) is 13.0. The Morgan fingerprint density at radius 1 is 1.11 bits per heavy atom. The maximum atomic E-state index is 12.6. The molecule has 0 aromatic heterocycles. The first kappa shape index (κ1) is 20.3. The van der Waals surface area contributed by atoms with Crippen LogP contribution in [0.15, 0.2) is 23.1 Å². The Hall–Kier alpha value is -1.44. The summed E-state index contributed by atoms with van der Waals surface area (Å²) in [5, 5.41) is 0. The van der Waals surface area contributed by atoms with Crippen LogP contribution < -0.4 is 9.62 Å². The molecule has 150 valence electrons. The highest BCUT2D eigenvalue weighted by Crippen LogP contribution is 2.30. The van der Waals surface area contributed by atoms with Crippen LogP contribution in [0.2, 0.25) is 0 Å². The van der Waals surface area contributed by atoms with Gasteiger partial charge in [-0.3, -0.25) is 4.79 Å². The van der Waals surface area contributed by atoms with Gasteiger partial charge in [0.25, 0.3) is 0 Å². The number of nitrogens with zero attached hydrogens (tertiary/aromatic N) is 2. The zero-order valence-electron chi connectivity index (χ0n) is 16.2. The van der Waals surface area contributed by atoms with Crippen molar-refractivity contribution in [3.8, 4) is 0 Å². The van der Waals surface area contributed by atoms with Crippen LogP contribution in [0.25, 0.3) is 0 Å². The highest BCUT2D eigenvalue weighted by Gasteiger charge is 2.25. The van der Waals surface area contributed by atoms with E-state index in [9.17, 15) is 13.2 Å². The Morgan fingerprint density at radius 3 is 2.56 bits per heavy atom. The fourth-order valence-electron chi connectivity index (χ4n) is 3.95. The molecule has 0 spiro atoms. The average molecular weight is 394 g/mol. The van der Waals surface area contributed by atoms with E-state index >= 15 is 0 Å². The summed E-state index contributed by atoms with van der Waals surface area (Å²) in [5.41, 5.74) is 1.78. The van der Waals surface area contributed by atoms with Gasteiger partial charge in [0.15, 0.2) is 0 Å². The monoisotopic (exact) mass is 393 g/mol. The van der Waals surface area contributed by atoms with E-state index in [1.807, 2.05) is 6.92 Å². The standard InChI is InChI=1S/C20H31N3O3S/c1-2-20(24)23-15-10-17-16-18(8-9-19(17)23)27(25,26)21-11-7-14-22-12-5-3-4-6-13-22/h8-9,16,21H,2-7,10-15H2,1H3. The van der Waals surface area contributed by atoms with Crippen LogP contribution in [-0.2, 0) is 21.2 Å². The van der Waals surface area contributed by atoms with E-state index in [4.69, 9.17) is 0 Å². The summed E-state index contributed by atoms with van der Waals surface area (Å²) in [7, 11) is -3.51. The number of amides is 1. The van der Waals surface area contributed by atoms with Gasteiger partial charge in [-0.1, -0.05) is 19.8 Å². The van der Waals surface area contributed by atoms with Gasteiger partial charge in [-0.25, -0.2) is 13.1 Å². The van der Waals surface area contributed by atoms with Gasteiger partial charge in [-0.15, -0.1) is 0 Å². The number of carbonyl (C=O) groups is 1. The van der Waals surface area contributed by atoms with E-state index in [-0.39, 0.29) is 5.91 Å². The van der Waals surface area contributed by atoms with Crippen molar-refractivity contribution in [3.63, 3.8) is 0 Å². The summed E-state index contributed by atoms with van der Waals surface area (Å²) in [6.07, 6.45) is 7.10. The molecule has 1 N–H and O–H groups in total. The van der Waals surface area contributed by atoms with Crippen molar-refractivity contribution in [2.75, 3.05) is 37.6 Å². The third-order valence-corrected chi connectivity index (χ3v) is 6.96. The number of rotatable bonds is 7. The van der Waals surface area contributed by atoms with Gasteiger partial charge < -0.3 is 9.80 Å². The fourth-order valence-corrected chi connectivity index (χ4v) is 5.07. The lowest BCUT2D eigenvalue weighted by atomic mass is 10.2. The lowest BCUT2D eigenvalue weighted by Gasteiger charge is -2.19. The second kappa shape index (κ2) is 9.17. The van der Waals surface area contributed by atoms with Crippen LogP contribution in [0.5, 0.6) is 0 Å². The summed E-state index contributed by atoms with van der Waals surface area (Å²) < 4.78 is 27.9. The van der Waals surface area contributed by atoms with Crippen LogP contribution in [0.1, 0.15) is 51.0 Å². The summed E-state index contributed by atoms with van der Waals surface area (Å²) in [5.74, 6) is 0.0796. The minimum Gasteiger partial charge on any atom is -0.312 e. The number of nitrogens with one attached hydrogen (secondary N) is 1. The zero-order chi connectivity index (χ0) is 19.3. The van der Waals surface area contributed by atoms with Crippen LogP contribution >= 0.6 is 0 Å². The molecule has 2 aliphatic heterocycles. The molecule has 0 bridgehead atoms. The molecule has 27 heavy (non-hydrogen) atoms. The number of carbonyl (C=O) groups excluding carboxylic acids is 1. The fraction of sp³-hybridized carbons (Fsp3) is 0.650. The van der Waals surface area contributed by atoms with E-state index < -0.39 is 10.0 Å². The minimum absolute atomic E-state index is 0.0796. The van der Waals surface area contributed by atoms with Crippen molar-refractivity contribution in [2.45, 2.75) is 56.8 Å². The van der Waals surface area contributed by atoms with E-state index in [1.165, 1.54) is 25.7 Å². The molecular weight excluding hydrogens is 362 g/mol. The third kappa shape index (κ3) is 5.09. The molecule has 0 saturated carbocycles. The average Bonchev–Trinajstić information content (AvgIpc) is 2.92. The van der Waals surface area contributed by atoms with Crippen LogP contribution in [0.4, 0.5) is 5.69 Å². The molecule has 1 aromatic carbocycles.